The lowest BCUT2D eigenvalue weighted by Crippen LogP contribution is -2.24. The fourth-order valence-electron chi connectivity index (χ4n) is 0.587. The number of nitrogens with zero attached hydrogens (tertiary/aromatic N) is 2. The van der Waals surface area contributed by atoms with Crippen LogP contribution in [0.5, 0.6) is 0 Å². The molecule has 1 aliphatic heterocycles. The van der Waals surface area contributed by atoms with Gasteiger partial charge in [0.15, 0.2) is 0 Å². The predicted molar refractivity (Wildman–Crippen MR) is 50.4 cm³/mol. The second-order valence-electron chi connectivity index (χ2n) is 1.86. The quantitative estimate of drug-likeness (QED) is 0.713. The van der Waals surface area contributed by atoms with Gasteiger partial charge in [0.05, 0.1) is 0 Å². The summed E-state index contributed by atoms with van der Waals surface area (Å²) in [5, 5.41) is 3.45. The van der Waals surface area contributed by atoms with Crippen LogP contribution in [0.3, 0.4) is 0 Å². The molecule has 11 heavy (non-hydrogen) atoms. The number of amides is 2. The molecule has 0 saturated heterocycles. The molecule has 2 N–H and O–H groups in total. The minimum absolute atomic E-state index is 0.185. The fourth-order valence-corrected chi connectivity index (χ4v) is 1.00. The average molecular weight is 262 g/mol. The number of rotatable bonds is 1. The van der Waals surface area contributed by atoms with Crippen LogP contribution >= 0.6 is 22.6 Å². The number of carbonyl (C=O) groups is 1. The molecule has 0 aromatic rings. The number of nitrogens with two attached hydrogens (primary N) is 1. The fraction of sp³-hybridized carbons (Fsp3) is 0. The molecule has 5 heteroatoms. The van der Waals surface area contributed by atoms with Gasteiger partial charge in [-0.1, -0.05) is 6.58 Å². The van der Waals surface area contributed by atoms with Gasteiger partial charge in [-0.05, 0) is 22.6 Å². The number of hydrogen-bond acceptors (Lipinski definition) is 2. The molecular weight excluding hydrogens is 257 g/mol. The Morgan fingerprint density at radius 3 is 2.82 bits per heavy atom. The molecule has 2 amide bonds. The van der Waals surface area contributed by atoms with Gasteiger partial charge >= 0.3 is 6.03 Å². The zero-order valence-electron chi connectivity index (χ0n) is 5.54. The van der Waals surface area contributed by atoms with Crippen LogP contribution in [0.25, 0.3) is 0 Å². The summed E-state index contributed by atoms with van der Waals surface area (Å²) < 4.78 is 0.722. The molecule has 0 atom stereocenters. The average Bonchev–Trinajstić information content (AvgIpc) is 1.85. The van der Waals surface area contributed by atoms with Crippen LogP contribution in [0.15, 0.2) is 26.9 Å². The minimum Gasteiger partial charge on any atom is -0.383 e. The third kappa shape index (κ3) is 1.79. The first kappa shape index (κ1) is 8.25. The maximum atomic E-state index is 10.5. The van der Waals surface area contributed by atoms with Crippen LogP contribution in [0.4, 0.5) is 4.79 Å². The monoisotopic (exact) mass is 262 g/mol. The molecule has 57 valence electrons. The highest BCUT2D eigenvalue weighted by Gasteiger charge is 2.13. The lowest BCUT2D eigenvalue weighted by Gasteiger charge is -2.07. The SMILES string of the molecule is C=C(I)C1=C[N]C(=O)N=C1N. The summed E-state index contributed by atoms with van der Waals surface area (Å²) in [6, 6.07) is -0.566. The normalized spacial score (nSPS) is 16.6. The molecule has 0 aromatic carbocycles. The molecule has 1 rings (SSSR count). The van der Waals surface area contributed by atoms with E-state index in [4.69, 9.17) is 5.73 Å². The molecule has 0 unspecified atom stereocenters. The van der Waals surface area contributed by atoms with Crippen molar-refractivity contribution in [3.05, 3.63) is 21.9 Å². The maximum absolute atomic E-state index is 10.5. The van der Waals surface area contributed by atoms with Gasteiger partial charge in [0.1, 0.15) is 5.84 Å². The molecule has 0 aliphatic carbocycles. The highest BCUT2D eigenvalue weighted by molar-refractivity contribution is 14.1. The third-order valence-electron chi connectivity index (χ3n) is 1.09. The Hall–Kier alpha value is -0.850. The lowest BCUT2D eigenvalue weighted by atomic mass is 10.2. The lowest BCUT2D eigenvalue weighted by molar-refractivity contribution is 0.251. The van der Waals surface area contributed by atoms with Crippen molar-refractivity contribution in [2.45, 2.75) is 0 Å². The number of urea groups is 1. The van der Waals surface area contributed by atoms with Gasteiger partial charge in [-0.25, -0.2) is 4.79 Å². The van der Waals surface area contributed by atoms with E-state index in [1.807, 2.05) is 22.6 Å². The van der Waals surface area contributed by atoms with Crippen LogP contribution in [0.1, 0.15) is 0 Å². The summed E-state index contributed by atoms with van der Waals surface area (Å²) >= 11 is 1.99. The second kappa shape index (κ2) is 3.04. The molecule has 0 spiro atoms. The second-order valence-corrected chi connectivity index (χ2v) is 3.16. The highest BCUT2D eigenvalue weighted by Crippen LogP contribution is 2.16. The van der Waals surface area contributed by atoms with Crippen molar-refractivity contribution < 1.29 is 4.79 Å². The molecule has 0 aromatic heterocycles. The van der Waals surface area contributed by atoms with E-state index in [1.165, 1.54) is 6.20 Å². The molecule has 1 aliphatic rings. The predicted octanol–water partition coefficient (Wildman–Crippen LogP) is 0.914. The van der Waals surface area contributed by atoms with Crippen molar-refractivity contribution in [2.24, 2.45) is 10.7 Å². The topological polar surface area (TPSA) is 69.5 Å². The first-order valence-electron chi connectivity index (χ1n) is 2.75. The molecule has 4 nitrogen and oxygen atoms in total. The van der Waals surface area contributed by atoms with E-state index in [0.717, 1.165) is 3.58 Å². The van der Waals surface area contributed by atoms with Crippen molar-refractivity contribution in [1.29, 1.82) is 0 Å². The Bertz CT molecular complexity index is 280. The molecule has 1 heterocycles. The van der Waals surface area contributed by atoms with Gasteiger partial charge in [0.2, 0.25) is 0 Å². The van der Waals surface area contributed by atoms with E-state index in [2.05, 4.69) is 16.9 Å². The number of aliphatic imine (C=N–C) groups is 1. The first-order chi connectivity index (χ1) is 5.11. The smallest absolute Gasteiger partial charge is 0.368 e. The standard InChI is InChI=1S/C6H5IN3O/c1-3(7)4-2-9-6(11)10-5(4)8/h2H,1H2,(H2,8,10,11). The Morgan fingerprint density at radius 2 is 2.36 bits per heavy atom. The van der Waals surface area contributed by atoms with E-state index >= 15 is 0 Å². The van der Waals surface area contributed by atoms with Crippen molar-refractivity contribution in [1.82, 2.24) is 5.32 Å². The van der Waals surface area contributed by atoms with Crippen molar-refractivity contribution in [3.63, 3.8) is 0 Å². The summed E-state index contributed by atoms with van der Waals surface area (Å²) in [6.45, 7) is 3.64. The zero-order valence-corrected chi connectivity index (χ0v) is 7.70. The summed E-state index contributed by atoms with van der Waals surface area (Å²) in [6.07, 6.45) is 1.37. The molecule has 0 saturated carbocycles. The van der Waals surface area contributed by atoms with Gasteiger partial charge < -0.3 is 5.73 Å². The van der Waals surface area contributed by atoms with E-state index in [-0.39, 0.29) is 5.84 Å². The minimum atomic E-state index is -0.566. The van der Waals surface area contributed by atoms with Gasteiger partial charge in [-0.2, -0.15) is 10.3 Å². The summed E-state index contributed by atoms with van der Waals surface area (Å²) in [5.74, 6) is 0.185. The van der Waals surface area contributed by atoms with E-state index in [1.54, 1.807) is 0 Å². The Labute approximate surface area is 77.4 Å². The third-order valence-corrected chi connectivity index (χ3v) is 1.67. The Balaban J connectivity index is 2.94. The number of halogens is 1. The number of hydrogen-bond donors (Lipinski definition) is 1. The van der Waals surface area contributed by atoms with Crippen LogP contribution in [-0.4, -0.2) is 11.9 Å². The zero-order chi connectivity index (χ0) is 8.43. The van der Waals surface area contributed by atoms with Crippen molar-refractivity contribution in [2.75, 3.05) is 0 Å². The van der Waals surface area contributed by atoms with E-state index in [0.29, 0.717) is 5.57 Å². The van der Waals surface area contributed by atoms with Crippen molar-refractivity contribution >= 4 is 34.5 Å². The Morgan fingerprint density at radius 1 is 1.73 bits per heavy atom. The van der Waals surface area contributed by atoms with Gasteiger partial charge in [-0.15, -0.1) is 0 Å². The summed E-state index contributed by atoms with van der Waals surface area (Å²) in [4.78, 5) is 14.0. The number of amidine groups is 1. The van der Waals surface area contributed by atoms with Crippen LogP contribution in [0, 0.1) is 0 Å². The van der Waals surface area contributed by atoms with Gasteiger partial charge in [-0.3, -0.25) is 0 Å². The van der Waals surface area contributed by atoms with E-state index in [9.17, 15) is 4.79 Å². The highest BCUT2D eigenvalue weighted by atomic mass is 127. The van der Waals surface area contributed by atoms with Crippen molar-refractivity contribution in [3.8, 4) is 0 Å². The Kier molecular flexibility index (Phi) is 2.28. The molecule has 0 bridgehead atoms. The largest absolute Gasteiger partial charge is 0.383 e. The first-order valence-corrected chi connectivity index (χ1v) is 3.83. The van der Waals surface area contributed by atoms with E-state index < -0.39 is 6.03 Å². The van der Waals surface area contributed by atoms with Gasteiger partial charge in [0, 0.05) is 15.4 Å². The molecular formula is C6H5IN3O. The molecule has 0 fully saturated rings. The summed E-state index contributed by atoms with van der Waals surface area (Å²) in [7, 11) is 0. The summed E-state index contributed by atoms with van der Waals surface area (Å²) in [5.41, 5.74) is 6.02. The van der Waals surface area contributed by atoms with Crippen LogP contribution in [0.2, 0.25) is 0 Å². The van der Waals surface area contributed by atoms with Gasteiger partial charge in [0.25, 0.3) is 0 Å². The number of carbonyl (C=O) groups excluding carboxylic acids is 1. The molecule has 1 radical (unpaired) electrons. The van der Waals surface area contributed by atoms with Crippen LogP contribution < -0.4 is 11.1 Å². The maximum Gasteiger partial charge on any atom is 0.368 e. The van der Waals surface area contributed by atoms with Crippen LogP contribution in [-0.2, 0) is 0 Å².